The fraction of sp³-hybridized carbons (Fsp3) is 0.524. The Morgan fingerprint density at radius 1 is 1.19 bits per heavy atom. The Bertz CT molecular complexity index is 997. The number of aryl methyl sites for hydroxylation is 1. The molecule has 170 valence electrons. The number of aromatic nitrogens is 2. The summed E-state index contributed by atoms with van der Waals surface area (Å²) in [5.41, 5.74) is 1.03. The highest BCUT2D eigenvalue weighted by Crippen LogP contribution is 2.27. The molecular weight excluding hydrogens is 420 g/mol. The maximum absolute atomic E-state index is 12.8. The molecule has 0 aliphatic carbocycles. The Kier molecular flexibility index (Phi) is 7.55. The smallest absolute Gasteiger partial charge is 0.262 e. The van der Waals surface area contributed by atoms with Crippen LogP contribution in [0.3, 0.4) is 0 Å². The average molecular weight is 451 g/mol. The van der Waals surface area contributed by atoms with E-state index in [0.29, 0.717) is 56.9 Å². The van der Waals surface area contributed by atoms with Crippen LogP contribution in [0.15, 0.2) is 35.7 Å². The molecule has 1 aromatic heterocycles. The van der Waals surface area contributed by atoms with E-state index in [-0.39, 0.29) is 16.9 Å². The van der Waals surface area contributed by atoms with Crippen molar-refractivity contribution in [2.45, 2.75) is 37.8 Å². The molecule has 0 atom stereocenters. The van der Waals surface area contributed by atoms with Gasteiger partial charge in [0, 0.05) is 38.3 Å². The van der Waals surface area contributed by atoms with Gasteiger partial charge < -0.3 is 19.4 Å². The van der Waals surface area contributed by atoms with Crippen molar-refractivity contribution in [3.63, 3.8) is 0 Å². The minimum Gasteiger partial charge on any atom is -0.493 e. The van der Waals surface area contributed by atoms with Crippen LogP contribution in [-0.4, -0.2) is 62.0 Å². The summed E-state index contributed by atoms with van der Waals surface area (Å²) in [4.78, 5) is 16.6. The van der Waals surface area contributed by atoms with Crippen LogP contribution < -0.4 is 14.8 Å². The van der Waals surface area contributed by atoms with Crippen molar-refractivity contribution < 1.29 is 22.7 Å². The van der Waals surface area contributed by atoms with E-state index in [1.807, 2.05) is 25.1 Å². The van der Waals surface area contributed by atoms with Crippen LogP contribution >= 0.6 is 0 Å². The van der Waals surface area contributed by atoms with Crippen molar-refractivity contribution in [1.29, 1.82) is 0 Å². The number of piperidine rings is 1. The van der Waals surface area contributed by atoms with Gasteiger partial charge in [-0.25, -0.2) is 13.4 Å². The number of sulfonamides is 1. The third-order valence-electron chi connectivity index (χ3n) is 5.56. The number of methoxy groups -OCH3 is 2. The van der Waals surface area contributed by atoms with E-state index in [1.165, 1.54) is 10.6 Å². The number of nitrogens with one attached hydrogen (secondary N) is 1. The van der Waals surface area contributed by atoms with Gasteiger partial charge in [0.25, 0.3) is 10.0 Å². The van der Waals surface area contributed by atoms with Gasteiger partial charge in [-0.15, -0.1) is 0 Å². The molecule has 1 fully saturated rings. The minimum absolute atomic E-state index is 0.0345. The van der Waals surface area contributed by atoms with Crippen molar-refractivity contribution in [3.8, 4) is 11.5 Å². The monoisotopic (exact) mass is 450 g/mol. The lowest BCUT2D eigenvalue weighted by molar-refractivity contribution is -0.126. The van der Waals surface area contributed by atoms with E-state index in [2.05, 4.69) is 10.3 Å². The van der Waals surface area contributed by atoms with Crippen LogP contribution in [0.4, 0.5) is 0 Å². The number of benzene rings is 1. The van der Waals surface area contributed by atoms with Crippen molar-refractivity contribution >= 4 is 15.9 Å². The third-order valence-corrected chi connectivity index (χ3v) is 7.35. The summed E-state index contributed by atoms with van der Waals surface area (Å²) in [5, 5.41) is 3.03. The van der Waals surface area contributed by atoms with E-state index < -0.39 is 10.0 Å². The van der Waals surface area contributed by atoms with Gasteiger partial charge in [-0.05, 0) is 43.9 Å². The van der Waals surface area contributed by atoms with E-state index in [1.54, 1.807) is 25.0 Å². The first-order valence-corrected chi connectivity index (χ1v) is 11.8. The summed E-state index contributed by atoms with van der Waals surface area (Å²) < 4.78 is 39.2. The fourth-order valence-corrected chi connectivity index (χ4v) is 5.05. The molecule has 10 heteroatoms. The van der Waals surface area contributed by atoms with Gasteiger partial charge >= 0.3 is 0 Å². The standard InChI is InChI=1S/C21H30N4O5S/c1-4-24-14-20(23-15-24)31(27,28)25-11-8-17(9-12-25)21(26)22-10-7-16-5-6-18(29-2)19(13-16)30-3/h5-6,13-15,17H,4,7-12H2,1-3H3,(H,22,26). The first kappa shape index (κ1) is 23.1. The number of hydrogen-bond donors (Lipinski definition) is 1. The zero-order chi connectivity index (χ0) is 22.4. The van der Waals surface area contributed by atoms with Crippen LogP contribution in [0.1, 0.15) is 25.3 Å². The summed E-state index contributed by atoms with van der Waals surface area (Å²) >= 11 is 0. The lowest BCUT2D eigenvalue weighted by Gasteiger charge is -2.29. The van der Waals surface area contributed by atoms with E-state index in [9.17, 15) is 13.2 Å². The first-order chi connectivity index (χ1) is 14.9. The first-order valence-electron chi connectivity index (χ1n) is 10.4. The summed E-state index contributed by atoms with van der Waals surface area (Å²) in [6, 6.07) is 5.68. The predicted molar refractivity (Wildman–Crippen MR) is 116 cm³/mol. The molecule has 1 N–H and O–H groups in total. The van der Waals surface area contributed by atoms with Crippen LogP contribution in [0, 0.1) is 5.92 Å². The van der Waals surface area contributed by atoms with E-state index >= 15 is 0 Å². The summed E-state index contributed by atoms with van der Waals surface area (Å²) in [5.74, 6) is 1.10. The Morgan fingerprint density at radius 3 is 2.52 bits per heavy atom. The van der Waals surface area contributed by atoms with Gasteiger partial charge in [-0.1, -0.05) is 6.07 Å². The van der Waals surface area contributed by atoms with Gasteiger partial charge in [0.15, 0.2) is 16.5 Å². The van der Waals surface area contributed by atoms with E-state index in [4.69, 9.17) is 9.47 Å². The molecule has 0 radical (unpaired) electrons. The van der Waals surface area contributed by atoms with Crippen molar-refractivity contribution in [2.24, 2.45) is 5.92 Å². The molecule has 9 nitrogen and oxygen atoms in total. The number of hydrogen-bond acceptors (Lipinski definition) is 6. The Hall–Kier alpha value is -2.59. The molecule has 0 spiro atoms. The summed E-state index contributed by atoms with van der Waals surface area (Å²) in [7, 11) is -0.440. The lowest BCUT2D eigenvalue weighted by Crippen LogP contribution is -2.43. The lowest BCUT2D eigenvalue weighted by atomic mass is 9.97. The van der Waals surface area contributed by atoms with Gasteiger partial charge in [-0.2, -0.15) is 4.31 Å². The molecule has 31 heavy (non-hydrogen) atoms. The normalized spacial score (nSPS) is 15.6. The number of carbonyl (C=O) groups excluding carboxylic acids is 1. The summed E-state index contributed by atoms with van der Waals surface area (Å²) in [6.45, 7) is 3.72. The molecule has 3 rings (SSSR count). The second-order valence-electron chi connectivity index (χ2n) is 7.45. The maximum atomic E-state index is 12.8. The second kappa shape index (κ2) is 10.1. The van der Waals surface area contributed by atoms with E-state index in [0.717, 1.165) is 5.56 Å². The molecule has 2 aromatic rings. The van der Waals surface area contributed by atoms with Crippen molar-refractivity contribution in [2.75, 3.05) is 33.9 Å². The second-order valence-corrected chi connectivity index (χ2v) is 9.34. The number of ether oxygens (including phenoxy) is 2. The predicted octanol–water partition coefficient (Wildman–Crippen LogP) is 1.68. The average Bonchev–Trinajstić information content (AvgIpc) is 3.29. The molecule has 1 aliphatic rings. The molecule has 2 heterocycles. The fourth-order valence-electron chi connectivity index (χ4n) is 3.65. The Morgan fingerprint density at radius 2 is 1.90 bits per heavy atom. The number of amides is 1. The number of nitrogens with zero attached hydrogens (tertiary/aromatic N) is 3. The molecule has 0 saturated carbocycles. The molecule has 1 saturated heterocycles. The molecule has 0 bridgehead atoms. The zero-order valence-electron chi connectivity index (χ0n) is 18.2. The number of rotatable bonds is 9. The van der Waals surface area contributed by atoms with Gasteiger partial charge in [0.2, 0.25) is 5.91 Å². The highest BCUT2D eigenvalue weighted by molar-refractivity contribution is 7.89. The molecule has 1 aromatic carbocycles. The van der Waals surface area contributed by atoms with Crippen molar-refractivity contribution in [1.82, 2.24) is 19.2 Å². The van der Waals surface area contributed by atoms with Crippen molar-refractivity contribution in [3.05, 3.63) is 36.3 Å². The van der Waals surface area contributed by atoms with Gasteiger partial charge in [0.1, 0.15) is 0 Å². The molecule has 1 amide bonds. The highest BCUT2D eigenvalue weighted by atomic mass is 32.2. The topological polar surface area (TPSA) is 103 Å². The number of imidazole rings is 1. The highest BCUT2D eigenvalue weighted by Gasteiger charge is 2.33. The number of carbonyl (C=O) groups is 1. The van der Waals surface area contributed by atoms with Crippen LogP contribution in [0.2, 0.25) is 0 Å². The van der Waals surface area contributed by atoms with Gasteiger partial charge in [0.05, 0.1) is 20.5 Å². The third kappa shape index (κ3) is 5.37. The van der Waals surface area contributed by atoms with Crippen LogP contribution in [0.25, 0.3) is 0 Å². The molecular formula is C21H30N4O5S. The maximum Gasteiger partial charge on any atom is 0.262 e. The molecule has 1 aliphatic heterocycles. The SMILES string of the molecule is CCn1cnc(S(=O)(=O)N2CCC(C(=O)NCCc3ccc(OC)c(OC)c3)CC2)c1. The largest absolute Gasteiger partial charge is 0.493 e. The Labute approximate surface area is 183 Å². The minimum atomic E-state index is -3.62. The van der Waals surface area contributed by atoms with Crippen LogP contribution in [-0.2, 0) is 27.8 Å². The zero-order valence-corrected chi connectivity index (χ0v) is 19.0. The Balaban J connectivity index is 1.48. The summed E-state index contributed by atoms with van der Waals surface area (Å²) in [6.07, 6.45) is 4.72. The molecule has 0 unspecified atom stereocenters. The quantitative estimate of drug-likeness (QED) is 0.624. The van der Waals surface area contributed by atoms with Gasteiger partial charge in [-0.3, -0.25) is 4.79 Å². The van der Waals surface area contributed by atoms with Crippen LogP contribution in [0.5, 0.6) is 11.5 Å².